The zero-order chi connectivity index (χ0) is 25.5. The van der Waals surface area contributed by atoms with Gasteiger partial charge in [-0.2, -0.15) is 0 Å². The summed E-state index contributed by atoms with van der Waals surface area (Å²) < 4.78 is 18.0. The van der Waals surface area contributed by atoms with E-state index in [1.54, 1.807) is 4.90 Å². The Balaban J connectivity index is 1.40. The third kappa shape index (κ3) is 4.31. The highest BCUT2D eigenvalue weighted by atomic mass is 16.5. The monoisotopic (exact) mass is 495 g/mol. The molecule has 1 aromatic heterocycles. The van der Waals surface area contributed by atoms with E-state index in [1.165, 1.54) is 0 Å². The minimum absolute atomic E-state index is 0.0530. The number of ether oxygens (including phenoxy) is 2. The number of amides is 1. The molecule has 0 spiro atoms. The lowest BCUT2D eigenvalue weighted by Crippen LogP contribution is -2.36. The molecule has 2 unspecified atom stereocenters. The number of aryl methyl sites for hydroxylation is 2. The minimum atomic E-state index is -0.545. The summed E-state index contributed by atoms with van der Waals surface area (Å²) in [4.78, 5) is 29.3. The van der Waals surface area contributed by atoms with Crippen LogP contribution in [0, 0.1) is 13.8 Å². The van der Waals surface area contributed by atoms with E-state index in [-0.39, 0.29) is 23.2 Å². The molecule has 6 heteroatoms. The summed E-state index contributed by atoms with van der Waals surface area (Å²) >= 11 is 0. The van der Waals surface area contributed by atoms with Crippen molar-refractivity contribution >= 4 is 16.9 Å². The second-order valence-corrected chi connectivity index (χ2v) is 9.97. The van der Waals surface area contributed by atoms with Crippen LogP contribution in [0.25, 0.3) is 11.0 Å². The van der Waals surface area contributed by atoms with Gasteiger partial charge in [0.2, 0.25) is 5.76 Å². The summed E-state index contributed by atoms with van der Waals surface area (Å²) in [6.07, 6.45) is 1.81. The quantitative estimate of drug-likeness (QED) is 0.343. The fourth-order valence-electron chi connectivity index (χ4n) is 5.54. The highest BCUT2D eigenvalue weighted by Crippen LogP contribution is 2.39. The molecule has 4 aromatic rings. The molecule has 0 N–H and O–H groups in total. The molecule has 3 heterocycles. The first-order chi connectivity index (χ1) is 18.0. The Labute approximate surface area is 215 Å². The zero-order valence-electron chi connectivity index (χ0n) is 21.0. The van der Waals surface area contributed by atoms with Gasteiger partial charge in [-0.1, -0.05) is 48.5 Å². The van der Waals surface area contributed by atoms with Crippen LogP contribution in [0.4, 0.5) is 0 Å². The fraction of sp³-hybridized carbons (Fsp3) is 0.290. The first-order valence-corrected chi connectivity index (χ1v) is 12.8. The Hall–Kier alpha value is -3.90. The molecule has 37 heavy (non-hydrogen) atoms. The van der Waals surface area contributed by atoms with E-state index >= 15 is 0 Å². The Morgan fingerprint density at radius 3 is 2.51 bits per heavy atom. The zero-order valence-corrected chi connectivity index (χ0v) is 21.0. The number of nitrogens with zero attached hydrogens (tertiary/aromatic N) is 1. The predicted molar refractivity (Wildman–Crippen MR) is 141 cm³/mol. The van der Waals surface area contributed by atoms with Crippen LogP contribution in [-0.2, 0) is 11.3 Å². The van der Waals surface area contributed by atoms with E-state index in [0.717, 1.165) is 40.8 Å². The van der Waals surface area contributed by atoms with Crippen LogP contribution in [0.15, 0.2) is 75.9 Å². The number of hydrogen-bond donors (Lipinski definition) is 0. The van der Waals surface area contributed by atoms with Crippen LogP contribution in [-0.4, -0.2) is 30.1 Å². The Morgan fingerprint density at radius 1 is 1.00 bits per heavy atom. The standard InChI is InChI=1S/C31H29NO5/c1-19-15-20(2)26-25(16-19)37-30-27(29(26)33)28(32(31(30)34)17-24-9-6-14-35-24)22-10-12-23(13-11-22)36-18-21-7-4-3-5-8-21/h3-5,7-8,10-13,15-16,24,28H,6,9,14,17-18H2,1-2H3. The lowest BCUT2D eigenvalue weighted by Gasteiger charge is -2.27. The van der Waals surface area contributed by atoms with Gasteiger partial charge >= 0.3 is 0 Å². The van der Waals surface area contributed by atoms with Gasteiger partial charge in [0.25, 0.3) is 5.91 Å². The SMILES string of the molecule is Cc1cc(C)c2c(=O)c3c(oc2c1)C(=O)N(CC1CCCO1)C3c1ccc(OCc2ccccc2)cc1. The van der Waals surface area contributed by atoms with Gasteiger partial charge in [0.05, 0.1) is 23.1 Å². The van der Waals surface area contributed by atoms with E-state index in [0.29, 0.717) is 36.3 Å². The van der Waals surface area contributed by atoms with E-state index in [2.05, 4.69) is 0 Å². The van der Waals surface area contributed by atoms with Crippen LogP contribution >= 0.6 is 0 Å². The average Bonchev–Trinajstić information content (AvgIpc) is 3.50. The van der Waals surface area contributed by atoms with Gasteiger partial charge in [0.15, 0.2) is 5.43 Å². The van der Waals surface area contributed by atoms with Crippen LogP contribution in [0.3, 0.4) is 0 Å². The van der Waals surface area contributed by atoms with Crippen molar-refractivity contribution < 1.29 is 18.7 Å². The lowest BCUT2D eigenvalue weighted by molar-refractivity contribution is 0.0486. The molecule has 1 saturated heterocycles. The van der Waals surface area contributed by atoms with Gasteiger partial charge in [-0.3, -0.25) is 9.59 Å². The van der Waals surface area contributed by atoms with Crippen molar-refractivity contribution in [3.05, 3.63) is 111 Å². The van der Waals surface area contributed by atoms with E-state index in [1.807, 2.05) is 80.6 Å². The lowest BCUT2D eigenvalue weighted by atomic mass is 9.96. The largest absolute Gasteiger partial charge is 0.489 e. The topological polar surface area (TPSA) is 69.0 Å². The fourth-order valence-corrected chi connectivity index (χ4v) is 5.54. The van der Waals surface area contributed by atoms with Crippen molar-refractivity contribution in [1.82, 2.24) is 4.90 Å². The van der Waals surface area contributed by atoms with Crippen LogP contribution < -0.4 is 10.2 Å². The molecule has 6 rings (SSSR count). The van der Waals surface area contributed by atoms with Gasteiger partial charge < -0.3 is 18.8 Å². The van der Waals surface area contributed by atoms with Crippen molar-refractivity contribution in [3.63, 3.8) is 0 Å². The number of carbonyl (C=O) groups excluding carboxylic acids is 1. The molecule has 2 atom stereocenters. The van der Waals surface area contributed by atoms with E-state index < -0.39 is 6.04 Å². The van der Waals surface area contributed by atoms with Crippen LogP contribution in [0.2, 0.25) is 0 Å². The molecule has 0 radical (unpaired) electrons. The molecule has 3 aromatic carbocycles. The van der Waals surface area contributed by atoms with Gasteiger partial charge in [-0.05, 0) is 67.1 Å². The maximum absolute atomic E-state index is 13.9. The Kier molecular flexibility index (Phi) is 6.05. The van der Waals surface area contributed by atoms with Crippen molar-refractivity contribution in [2.24, 2.45) is 0 Å². The van der Waals surface area contributed by atoms with E-state index in [4.69, 9.17) is 13.9 Å². The summed E-state index contributed by atoms with van der Waals surface area (Å²) in [5, 5.41) is 0.531. The van der Waals surface area contributed by atoms with Gasteiger partial charge in [-0.25, -0.2) is 0 Å². The second kappa shape index (κ2) is 9.52. The number of carbonyl (C=O) groups is 1. The molecule has 2 aliphatic rings. The van der Waals surface area contributed by atoms with E-state index in [9.17, 15) is 9.59 Å². The second-order valence-electron chi connectivity index (χ2n) is 9.97. The third-order valence-electron chi connectivity index (χ3n) is 7.28. The molecule has 6 nitrogen and oxygen atoms in total. The van der Waals surface area contributed by atoms with Gasteiger partial charge in [0.1, 0.15) is 17.9 Å². The molecule has 0 saturated carbocycles. The highest BCUT2D eigenvalue weighted by Gasteiger charge is 2.44. The van der Waals surface area contributed by atoms with Crippen molar-refractivity contribution in [2.75, 3.05) is 13.2 Å². The molecule has 1 amide bonds. The molecular formula is C31H29NO5. The number of hydrogen-bond acceptors (Lipinski definition) is 5. The number of fused-ring (bicyclic) bond motifs is 2. The first-order valence-electron chi connectivity index (χ1n) is 12.8. The molecule has 188 valence electrons. The van der Waals surface area contributed by atoms with Crippen LogP contribution in [0.1, 0.15) is 57.3 Å². The summed E-state index contributed by atoms with van der Waals surface area (Å²) in [6, 6.07) is 20.9. The van der Waals surface area contributed by atoms with Crippen molar-refractivity contribution in [3.8, 4) is 5.75 Å². The van der Waals surface area contributed by atoms with Gasteiger partial charge in [0, 0.05) is 13.2 Å². The molecule has 0 bridgehead atoms. The highest BCUT2D eigenvalue weighted by molar-refractivity contribution is 5.99. The third-order valence-corrected chi connectivity index (χ3v) is 7.28. The molecular weight excluding hydrogens is 466 g/mol. The number of benzene rings is 3. The van der Waals surface area contributed by atoms with Crippen molar-refractivity contribution in [1.29, 1.82) is 0 Å². The summed E-state index contributed by atoms with van der Waals surface area (Å²) in [7, 11) is 0. The maximum atomic E-state index is 13.9. The van der Waals surface area contributed by atoms with Crippen molar-refractivity contribution in [2.45, 2.75) is 45.4 Å². The average molecular weight is 496 g/mol. The first kappa shape index (κ1) is 23.5. The summed E-state index contributed by atoms with van der Waals surface area (Å²) in [5.41, 5.74) is 4.47. The number of rotatable bonds is 6. The molecule has 1 fully saturated rings. The predicted octanol–water partition coefficient (Wildman–Crippen LogP) is 5.71. The summed E-state index contributed by atoms with van der Waals surface area (Å²) in [6.45, 7) is 5.43. The normalized spacial score (nSPS) is 19.0. The Bertz CT molecular complexity index is 1520. The minimum Gasteiger partial charge on any atom is -0.489 e. The van der Waals surface area contributed by atoms with Gasteiger partial charge in [-0.15, -0.1) is 0 Å². The van der Waals surface area contributed by atoms with Crippen LogP contribution in [0.5, 0.6) is 5.75 Å². The molecule has 0 aliphatic carbocycles. The Morgan fingerprint density at radius 2 is 1.78 bits per heavy atom. The summed E-state index contributed by atoms with van der Waals surface area (Å²) in [5.74, 6) is 0.590. The maximum Gasteiger partial charge on any atom is 0.291 e. The molecule has 2 aliphatic heterocycles. The smallest absolute Gasteiger partial charge is 0.291 e.